The van der Waals surface area contributed by atoms with Crippen LogP contribution in [0.2, 0.25) is 13.1 Å². The van der Waals surface area contributed by atoms with E-state index in [0.29, 0.717) is 18.2 Å². The Bertz CT molecular complexity index is 426. The highest BCUT2D eigenvalue weighted by molar-refractivity contribution is 7.13. The molecule has 4 heteroatoms. The molecule has 0 unspecified atom stereocenters. The molecule has 19 heavy (non-hydrogen) atoms. The van der Waals surface area contributed by atoms with E-state index in [9.17, 15) is 9.59 Å². The van der Waals surface area contributed by atoms with Crippen LogP contribution in [0.3, 0.4) is 0 Å². The molecule has 0 saturated heterocycles. The molecule has 0 radical (unpaired) electrons. The lowest BCUT2D eigenvalue weighted by Gasteiger charge is -2.21. The Morgan fingerprint density at radius 1 is 1.00 bits per heavy atom. The fourth-order valence-electron chi connectivity index (χ4n) is 2.07. The molecule has 0 aliphatic carbocycles. The minimum Gasteiger partial charge on any atom is -0.481 e. The van der Waals surface area contributed by atoms with E-state index < -0.39 is 14.0 Å². The molecule has 0 bridgehead atoms. The van der Waals surface area contributed by atoms with Gasteiger partial charge < -0.3 is 9.90 Å². The molecule has 0 aliphatic rings. The highest BCUT2D eigenvalue weighted by Gasteiger charge is 2.31. The van der Waals surface area contributed by atoms with Crippen molar-refractivity contribution in [3.05, 3.63) is 30.3 Å². The molecule has 104 valence electrons. The number of hydrogen-bond donors (Lipinski definition) is 1. The van der Waals surface area contributed by atoms with Crippen molar-refractivity contribution in [2.24, 2.45) is 0 Å². The van der Waals surface area contributed by atoms with Crippen LogP contribution in [0, 0.1) is 0 Å². The van der Waals surface area contributed by atoms with Gasteiger partial charge in [-0.15, -0.1) is 0 Å². The Morgan fingerprint density at radius 3 is 2.16 bits per heavy atom. The molecular weight excluding hydrogens is 256 g/mol. The first-order valence-corrected chi connectivity index (χ1v) is 9.75. The van der Waals surface area contributed by atoms with Crippen molar-refractivity contribution in [1.29, 1.82) is 0 Å². The van der Waals surface area contributed by atoms with Gasteiger partial charge in [-0.05, 0) is 12.8 Å². The van der Waals surface area contributed by atoms with Gasteiger partial charge in [0.15, 0.2) is 8.07 Å². The summed E-state index contributed by atoms with van der Waals surface area (Å²) in [6.45, 7) is 4.17. The largest absolute Gasteiger partial charge is 0.481 e. The van der Waals surface area contributed by atoms with Gasteiger partial charge in [0.25, 0.3) is 0 Å². The van der Waals surface area contributed by atoms with E-state index >= 15 is 0 Å². The highest BCUT2D eigenvalue weighted by Crippen LogP contribution is 2.11. The molecule has 1 rings (SSSR count). The number of hydrogen-bond acceptors (Lipinski definition) is 2. The zero-order chi connectivity index (χ0) is 14.3. The van der Waals surface area contributed by atoms with Crippen LogP contribution < -0.4 is 5.19 Å². The average Bonchev–Trinajstić information content (AvgIpc) is 2.38. The van der Waals surface area contributed by atoms with Gasteiger partial charge >= 0.3 is 5.97 Å². The molecule has 0 amide bonds. The van der Waals surface area contributed by atoms with Crippen molar-refractivity contribution >= 4 is 24.6 Å². The number of carboxylic acids is 1. The summed E-state index contributed by atoms with van der Waals surface area (Å²) in [5, 5.41) is 10.1. The topological polar surface area (TPSA) is 54.4 Å². The number of unbranched alkanes of at least 4 members (excludes halogenated alkanes) is 2. The van der Waals surface area contributed by atoms with Crippen molar-refractivity contribution in [2.45, 2.75) is 45.2 Å². The van der Waals surface area contributed by atoms with E-state index in [4.69, 9.17) is 5.11 Å². The van der Waals surface area contributed by atoms with Crippen molar-refractivity contribution in [3.63, 3.8) is 0 Å². The Morgan fingerprint density at radius 2 is 1.58 bits per heavy atom. The number of aliphatic carboxylic acids is 1. The summed E-state index contributed by atoms with van der Waals surface area (Å²) < 4.78 is 0. The number of benzene rings is 1. The predicted octanol–water partition coefficient (Wildman–Crippen LogP) is 2.75. The van der Waals surface area contributed by atoms with E-state index in [-0.39, 0.29) is 6.42 Å². The Labute approximate surface area is 115 Å². The van der Waals surface area contributed by atoms with Crippen molar-refractivity contribution in [3.8, 4) is 0 Å². The van der Waals surface area contributed by atoms with Crippen LogP contribution in [0.15, 0.2) is 30.3 Å². The molecular formula is C15H22O3Si. The van der Waals surface area contributed by atoms with Gasteiger partial charge in [0.2, 0.25) is 0 Å². The summed E-state index contributed by atoms with van der Waals surface area (Å²) in [6, 6.07) is 9.99. The van der Waals surface area contributed by atoms with E-state index in [1.54, 1.807) is 0 Å². The molecule has 0 aliphatic heterocycles. The lowest BCUT2D eigenvalue weighted by Crippen LogP contribution is -2.49. The molecule has 3 nitrogen and oxygen atoms in total. The summed E-state index contributed by atoms with van der Waals surface area (Å²) >= 11 is 0. The third kappa shape index (κ3) is 4.99. The van der Waals surface area contributed by atoms with Gasteiger partial charge in [0.1, 0.15) is 5.41 Å². The maximum absolute atomic E-state index is 12.3. The molecule has 0 atom stereocenters. The minimum atomic E-state index is -2.02. The summed E-state index contributed by atoms with van der Waals surface area (Å²) in [7, 11) is -2.02. The van der Waals surface area contributed by atoms with Crippen LogP contribution >= 0.6 is 0 Å². The van der Waals surface area contributed by atoms with E-state index in [1.807, 2.05) is 30.3 Å². The zero-order valence-corrected chi connectivity index (χ0v) is 12.7. The maximum Gasteiger partial charge on any atom is 0.303 e. The smallest absolute Gasteiger partial charge is 0.303 e. The van der Waals surface area contributed by atoms with Crippen LogP contribution in [0.4, 0.5) is 0 Å². The SMILES string of the molecule is C[Si](C)(C(=O)CCCCCC(=O)O)c1ccccc1. The van der Waals surface area contributed by atoms with Crippen molar-refractivity contribution in [1.82, 2.24) is 0 Å². The Hall–Kier alpha value is -1.42. The first-order chi connectivity index (χ1) is 8.94. The lowest BCUT2D eigenvalue weighted by molar-refractivity contribution is -0.137. The quantitative estimate of drug-likeness (QED) is 0.587. The third-order valence-electron chi connectivity index (χ3n) is 3.49. The maximum atomic E-state index is 12.3. The van der Waals surface area contributed by atoms with Gasteiger partial charge in [-0.3, -0.25) is 4.79 Å². The third-order valence-corrected chi connectivity index (χ3v) is 6.91. The fraction of sp³-hybridized carbons (Fsp3) is 0.467. The van der Waals surface area contributed by atoms with Crippen LogP contribution in [-0.4, -0.2) is 24.6 Å². The molecule has 1 N–H and O–H groups in total. The first kappa shape index (κ1) is 15.6. The Kier molecular flexibility index (Phi) is 5.95. The minimum absolute atomic E-state index is 0.202. The van der Waals surface area contributed by atoms with Gasteiger partial charge in [0.05, 0.1) is 0 Å². The predicted molar refractivity (Wildman–Crippen MR) is 79.3 cm³/mol. The zero-order valence-electron chi connectivity index (χ0n) is 11.7. The van der Waals surface area contributed by atoms with Gasteiger partial charge in [-0.2, -0.15) is 0 Å². The first-order valence-electron chi connectivity index (χ1n) is 6.75. The highest BCUT2D eigenvalue weighted by atomic mass is 28.3. The van der Waals surface area contributed by atoms with Gasteiger partial charge in [-0.1, -0.05) is 55.0 Å². The second kappa shape index (κ2) is 7.24. The van der Waals surface area contributed by atoms with Crippen molar-refractivity contribution in [2.75, 3.05) is 0 Å². The normalized spacial score (nSPS) is 11.3. The van der Waals surface area contributed by atoms with Crippen LogP contribution in [-0.2, 0) is 9.59 Å². The average molecular weight is 278 g/mol. The fourth-order valence-corrected chi connectivity index (χ4v) is 4.22. The van der Waals surface area contributed by atoms with E-state index in [2.05, 4.69) is 13.1 Å². The molecule has 0 spiro atoms. The number of carbonyl (C=O) groups excluding carboxylic acids is 1. The van der Waals surface area contributed by atoms with E-state index in [0.717, 1.165) is 12.8 Å². The van der Waals surface area contributed by atoms with Crippen LogP contribution in [0.5, 0.6) is 0 Å². The lowest BCUT2D eigenvalue weighted by atomic mass is 10.1. The number of carbonyl (C=O) groups is 2. The van der Waals surface area contributed by atoms with Gasteiger partial charge in [0, 0.05) is 12.8 Å². The standard InChI is InChI=1S/C15H22O3Si/c1-19(2,13-9-5-3-6-10-13)15(18)12-8-4-7-11-14(16)17/h3,5-6,9-10H,4,7-8,11-12H2,1-2H3,(H,16,17). The second-order valence-corrected chi connectivity index (χ2v) is 9.75. The van der Waals surface area contributed by atoms with Crippen LogP contribution in [0.1, 0.15) is 32.1 Å². The molecule has 1 aromatic rings. The number of carboxylic acid groups (broad SMARTS) is 1. The van der Waals surface area contributed by atoms with Crippen LogP contribution in [0.25, 0.3) is 0 Å². The van der Waals surface area contributed by atoms with E-state index in [1.165, 1.54) is 5.19 Å². The molecule has 0 fully saturated rings. The summed E-state index contributed by atoms with van der Waals surface area (Å²) in [5.41, 5.74) is 0. The van der Waals surface area contributed by atoms with Gasteiger partial charge in [-0.25, -0.2) is 0 Å². The molecule has 0 aromatic heterocycles. The second-order valence-electron chi connectivity index (χ2n) is 5.37. The van der Waals surface area contributed by atoms with Crippen molar-refractivity contribution < 1.29 is 14.7 Å². The summed E-state index contributed by atoms with van der Waals surface area (Å²) in [4.78, 5) is 22.7. The molecule has 0 heterocycles. The summed E-state index contributed by atoms with van der Waals surface area (Å²) in [6.07, 6.45) is 3.06. The summed E-state index contributed by atoms with van der Waals surface area (Å²) in [5.74, 6) is -0.759. The Balaban J connectivity index is 2.42. The number of rotatable bonds is 8. The molecule has 1 aromatic carbocycles. The molecule has 0 saturated carbocycles. The monoisotopic (exact) mass is 278 g/mol.